The third-order valence-electron chi connectivity index (χ3n) is 5.29. The zero-order chi connectivity index (χ0) is 24.1. The lowest BCUT2D eigenvalue weighted by Crippen LogP contribution is -2.37. The van der Waals surface area contributed by atoms with Crippen molar-refractivity contribution in [2.24, 2.45) is 0 Å². The average molecular weight is 499 g/mol. The van der Waals surface area contributed by atoms with E-state index in [2.05, 4.69) is 6.92 Å². The summed E-state index contributed by atoms with van der Waals surface area (Å²) in [6.07, 6.45) is 16.1. The Kier molecular flexibility index (Phi) is 21.0. The maximum atomic E-state index is 12.1. The summed E-state index contributed by atoms with van der Waals surface area (Å²) in [5.41, 5.74) is 0. The molecular formula is C24H53NO5PS+. The number of rotatable bonds is 24. The molecule has 0 aliphatic heterocycles. The molecule has 0 saturated heterocycles. The number of ether oxygens (including phenoxy) is 1. The fourth-order valence-electron chi connectivity index (χ4n) is 3.28. The number of thioether (sulfide) groups is 1. The Morgan fingerprint density at radius 1 is 0.844 bits per heavy atom. The molecule has 0 radical (unpaired) electrons. The first-order valence-electron chi connectivity index (χ1n) is 12.8. The number of likely N-dealkylation sites (N-methyl/N-ethyl adjacent to an activating group) is 1. The lowest BCUT2D eigenvalue weighted by Gasteiger charge is -2.24. The van der Waals surface area contributed by atoms with E-state index >= 15 is 0 Å². The van der Waals surface area contributed by atoms with Gasteiger partial charge < -0.3 is 14.1 Å². The van der Waals surface area contributed by atoms with Crippen LogP contribution in [0.3, 0.4) is 0 Å². The van der Waals surface area contributed by atoms with Gasteiger partial charge in [-0.25, -0.2) is 4.57 Å². The predicted molar refractivity (Wildman–Crippen MR) is 138 cm³/mol. The minimum absolute atomic E-state index is 0.0808. The van der Waals surface area contributed by atoms with Crippen molar-refractivity contribution in [3.8, 4) is 0 Å². The second-order valence-electron chi connectivity index (χ2n) is 9.65. The third-order valence-corrected chi connectivity index (χ3v) is 7.46. The van der Waals surface area contributed by atoms with E-state index in [0.717, 1.165) is 11.5 Å². The smallest absolute Gasteiger partial charge is 0.375 e. The molecule has 0 bridgehead atoms. The molecule has 6 nitrogen and oxygen atoms in total. The molecule has 8 heteroatoms. The van der Waals surface area contributed by atoms with E-state index in [-0.39, 0.29) is 19.3 Å². The van der Waals surface area contributed by atoms with Crippen LogP contribution in [0.2, 0.25) is 0 Å². The largest absolute Gasteiger partial charge is 0.472 e. The molecule has 194 valence electrons. The number of unbranched alkanes of at least 4 members (excludes halogenated alkanes) is 11. The molecule has 0 heterocycles. The highest BCUT2D eigenvalue weighted by atomic mass is 32.2. The first-order chi connectivity index (χ1) is 15.2. The SMILES string of the molecule is CCCCCCCCCCCCCCSCC(COP(=O)(O)OCC[N+](C)(C)C)OCC. The lowest BCUT2D eigenvalue weighted by molar-refractivity contribution is -0.870. The molecule has 0 aliphatic rings. The van der Waals surface area contributed by atoms with Gasteiger partial charge in [-0.3, -0.25) is 9.05 Å². The summed E-state index contributed by atoms with van der Waals surface area (Å²) in [6.45, 7) is 5.66. The van der Waals surface area contributed by atoms with Crippen LogP contribution in [0.1, 0.15) is 90.9 Å². The van der Waals surface area contributed by atoms with Crippen molar-refractivity contribution in [1.82, 2.24) is 0 Å². The number of phosphoric acid groups is 1. The minimum Gasteiger partial charge on any atom is -0.375 e. The molecule has 32 heavy (non-hydrogen) atoms. The number of phosphoric ester groups is 1. The van der Waals surface area contributed by atoms with Gasteiger partial charge in [0.15, 0.2) is 0 Å². The van der Waals surface area contributed by atoms with Gasteiger partial charge in [-0.1, -0.05) is 77.6 Å². The van der Waals surface area contributed by atoms with E-state index in [1.165, 1.54) is 77.0 Å². The second-order valence-corrected chi connectivity index (χ2v) is 12.3. The molecule has 2 unspecified atom stereocenters. The number of hydrogen-bond donors (Lipinski definition) is 1. The molecule has 2 atom stereocenters. The first kappa shape index (κ1) is 32.4. The maximum Gasteiger partial charge on any atom is 0.472 e. The second kappa shape index (κ2) is 20.7. The molecule has 0 aromatic rings. The summed E-state index contributed by atoms with van der Waals surface area (Å²) >= 11 is 1.83. The zero-order valence-corrected chi connectivity index (χ0v) is 23.4. The predicted octanol–water partition coefficient (Wildman–Crippen LogP) is 6.67. The lowest BCUT2D eigenvalue weighted by atomic mass is 10.1. The highest BCUT2D eigenvalue weighted by Crippen LogP contribution is 2.43. The van der Waals surface area contributed by atoms with Gasteiger partial charge in [0.1, 0.15) is 13.2 Å². The highest BCUT2D eigenvalue weighted by Gasteiger charge is 2.24. The standard InChI is InChI=1S/C24H52NO5PS/c1-6-8-9-10-11-12-13-14-15-16-17-18-21-32-23-24(28-7-2)22-30-31(26,27)29-20-19-25(3,4)5/h24H,6-23H2,1-5H3/p+1. The number of quaternary nitrogens is 1. The van der Waals surface area contributed by atoms with Crippen LogP contribution in [0.25, 0.3) is 0 Å². The quantitative estimate of drug-likeness (QED) is 0.0911. The van der Waals surface area contributed by atoms with Crippen LogP contribution in [0, 0.1) is 0 Å². The van der Waals surface area contributed by atoms with Crippen molar-refractivity contribution in [1.29, 1.82) is 0 Å². The van der Waals surface area contributed by atoms with E-state index in [0.29, 0.717) is 17.6 Å². The van der Waals surface area contributed by atoms with Crippen LogP contribution in [0.5, 0.6) is 0 Å². The number of hydrogen-bond acceptors (Lipinski definition) is 5. The molecule has 0 rings (SSSR count). The topological polar surface area (TPSA) is 65.0 Å². The summed E-state index contributed by atoms with van der Waals surface area (Å²) in [6, 6.07) is 0. The normalized spacial score (nSPS) is 15.1. The van der Waals surface area contributed by atoms with E-state index in [1.807, 2.05) is 39.8 Å². The fraction of sp³-hybridized carbons (Fsp3) is 1.00. The molecule has 0 amide bonds. The Morgan fingerprint density at radius 2 is 1.38 bits per heavy atom. The summed E-state index contributed by atoms with van der Waals surface area (Å²) in [4.78, 5) is 9.86. The van der Waals surface area contributed by atoms with Crippen LogP contribution in [0.4, 0.5) is 0 Å². The zero-order valence-electron chi connectivity index (χ0n) is 21.7. The fourth-order valence-corrected chi connectivity index (χ4v) is 5.06. The molecule has 0 spiro atoms. The van der Waals surface area contributed by atoms with Crippen LogP contribution >= 0.6 is 19.6 Å². The van der Waals surface area contributed by atoms with Crippen molar-refractivity contribution in [3.05, 3.63) is 0 Å². The van der Waals surface area contributed by atoms with Gasteiger partial charge in [0, 0.05) is 12.4 Å². The third kappa shape index (κ3) is 23.5. The van der Waals surface area contributed by atoms with Gasteiger partial charge in [0.2, 0.25) is 0 Å². The molecule has 0 aromatic carbocycles. The van der Waals surface area contributed by atoms with Gasteiger partial charge in [-0.15, -0.1) is 0 Å². The molecular weight excluding hydrogens is 445 g/mol. The van der Waals surface area contributed by atoms with Gasteiger partial charge >= 0.3 is 7.82 Å². The molecule has 0 saturated carbocycles. The van der Waals surface area contributed by atoms with E-state index in [9.17, 15) is 9.46 Å². The summed E-state index contributed by atoms with van der Waals surface area (Å²) in [7, 11) is 1.99. The average Bonchev–Trinajstić information content (AvgIpc) is 2.71. The van der Waals surface area contributed by atoms with E-state index < -0.39 is 7.82 Å². The van der Waals surface area contributed by atoms with E-state index in [1.54, 1.807) is 0 Å². The number of nitrogens with zero attached hydrogens (tertiary/aromatic N) is 1. The van der Waals surface area contributed by atoms with Crippen LogP contribution in [-0.2, 0) is 18.3 Å². The van der Waals surface area contributed by atoms with Crippen molar-refractivity contribution < 1.29 is 27.7 Å². The van der Waals surface area contributed by atoms with Crippen molar-refractivity contribution in [2.45, 2.75) is 97.0 Å². The highest BCUT2D eigenvalue weighted by molar-refractivity contribution is 7.99. The monoisotopic (exact) mass is 498 g/mol. The Morgan fingerprint density at radius 3 is 1.88 bits per heavy atom. The first-order valence-corrected chi connectivity index (χ1v) is 15.5. The van der Waals surface area contributed by atoms with Crippen molar-refractivity contribution >= 4 is 19.6 Å². The van der Waals surface area contributed by atoms with Crippen molar-refractivity contribution in [2.75, 3.05) is 59.0 Å². The van der Waals surface area contributed by atoms with Gasteiger partial charge in [-0.05, 0) is 19.1 Å². The maximum absolute atomic E-state index is 12.1. The molecule has 1 N–H and O–H groups in total. The van der Waals surface area contributed by atoms with Gasteiger partial charge in [-0.2, -0.15) is 11.8 Å². The Balaban J connectivity index is 3.71. The minimum atomic E-state index is -4.03. The Labute approximate surface area is 203 Å². The molecule has 0 aliphatic carbocycles. The van der Waals surface area contributed by atoms with Crippen LogP contribution < -0.4 is 0 Å². The summed E-state index contributed by atoms with van der Waals surface area (Å²) in [5, 5.41) is 0. The van der Waals surface area contributed by atoms with E-state index in [4.69, 9.17) is 13.8 Å². The Bertz CT molecular complexity index is 462. The van der Waals surface area contributed by atoms with Crippen molar-refractivity contribution in [3.63, 3.8) is 0 Å². The van der Waals surface area contributed by atoms with Gasteiger partial charge in [0.05, 0.1) is 33.9 Å². The van der Waals surface area contributed by atoms with Crippen LogP contribution in [-0.4, -0.2) is 74.5 Å². The summed E-state index contributed by atoms with van der Waals surface area (Å²) in [5.74, 6) is 1.86. The molecule has 0 aromatic heterocycles. The van der Waals surface area contributed by atoms with Gasteiger partial charge in [0.25, 0.3) is 0 Å². The summed E-state index contributed by atoms with van der Waals surface area (Å²) < 4.78 is 28.6. The Hall–Kier alpha value is 0.380. The van der Waals surface area contributed by atoms with Crippen LogP contribution in [0.15, 0.2) is 0 Å². The molecule has 0 fully saturated rings.